The normalized spacial score (nSPS) is 14.4. The zero-order valence-corrected chi connectivity index (χ0v) is 11.8. The third kappa shape index (κ3) is 4.40. The molecule has 98 valence electrons. The molecule has 0 aliphatic heterocycles. The largest absolute Gasteiger partial charge is 0.297 e. The average Bonchev–Trinajstić information content (AvgIpc) is 2.25. The fourth-order valence-corrected chi connectivity index (χ4v) is 2.50. The van der Waals surface area contributed by atoms with Gasteiger partial charge in [-0.15, -0.1) is 0 Å². The van der Waals surface area contributed by atoms with Crippen molar-refractivity contribution in [2.24, 2.45) is 5.84 Å². The van der Waals surface area contributed by atoms with Crippen LogP contribution in [0.1, 0.15) is 60.3 Å². The molecule has 0 aromatic rings. The van der Waals surface area contributed by atoms with Crippen LogP contribution in [0.4, 0.5) is 0 Å². The van der Waals surface area contributed by atoms with E-state index in [0.717, 1.165) is 19.5 Å². The molecule has 0 aliphatic rings. The maximum absolute atomic E-state index is 5.71. The van der Waals surface area contributed by atoms with Gasteiger partial charge in [0, 0.05) is 11.6 Å². The van der Waals surface area contributed by atoms with Crippen molar-refractivity contribution in [1.29, 1.82) is 0 Å². The number of nitrogens with two attached hydrogens (primary N) is 1. The van der Waals surface area contributed by atoms with Gasteiger partial charge in [0.1, 0.15) is 0 Å². The zero-order chi connectivity index (χ0) is 12.6. The molecule has 0 heterocycles. The van der Waals surface area contributed by atoms with Crippen molar-refractivity contribution in [1.82, 2.24) is 10.3 Å². The third-order valence-corrected chi connectivity index (χ3v) is 3.73. The standard InChI is InChI=1S/C13H31N3/c1-6-9-10-11-12(15-14)13(4,5)16(7-2)8-3/h12,15H,6-11,14H2,1-5H3. The maximum atomic E-state index is 5.71. The van der Waals surface area contributed by atoms with Gasteiger partial charge < -0.3 is 0 Å². The van der Waals surface area contributed by atoms with Gasteiger partial charge in [0.2, 0.25) is 0 Å². The second-order valence-corrected chi connectivity index (χ2v) is 5.04. The number of hydrazine groups is 1. The van der Waals surface area contributed by atoms with Crippen molar-refractivity contribution in [3.63, 3.8) is 0 Å². The van der Waals surface area contributed by atoms with E-state index >= 15 is 0 Å². The summed E-state index contributed by atoms with van der Waals surface area (Å²) in [6.45, 7) is 13.4. The molecule has 0 aromatic heterocycles. The minimum Gasteiger partial charge on any atom is -0.297 e. The Balaban J connectivity index is 4.39. The number of hydrogen-bond acceptors (Lipinski definition) is 3. The lowest BCUT2D eigenvalue weighted by molar-refractivity contribution is 0.0864. The van der Waals surface area contributed by atoms with E-state index in [1.807, 2.05) is 0 Å². The molecule has 0 amide bonds. The van der Waals surface area contributed by atoms with E-state index in [1.165, 1.54) is 19.3 Å². The van der Waals surface area contributed by atoms with Crippen LogP contribution in [-0.4, -0.2) is 29.6 Å². The van der Waals surface area contributed by atoms with E-state index in [9.17, 15) is 0 Å². The zero-order valence-electron chi connectivity index (χ0n) is 11.8. The van der Waals surface area contributed by atoms with Crippen molar-refractivity contribution in [3.05, 3.63) is 0 Å². The highest BCUT2D eigenvalue weighted by molar-refractivity contribution is 4.91. The van der Waals surface area contributed by atoms with E-state index in [4.69, 9.17) is 5.84 Å². The monoisotopic (exact) mass is 229 g/mol. The quantitative estimate of drug-likeness (QED) is 0.363. The summed E-state index contributed by atoms with van der Waals surface area (Å²) < 4.78 is 0. The Morgan fingerprint density at radius 2 is 1.69 bits per heavy atom. The van der Waals surface area contributed by atoms with E-state index < -0.39 is 0 Å². The van der Waals surface area contributed by atoms with Gasteiger partial charge in [-0.05, 0) is 33.4 Å². The predicted octanol–water partition coefficient (Wildman–Crippen LogP) is 2.52. The first-order valence-electron chi connectivity index (χ1n) is 6.75. The first kappa shape index (κ1) is 15.9. The van der Waals surface area contributed by atoms with Gasteiger partial charge in [0.15, 0.2) is 0 Å². The van der Waals surface area contributed by atoms with Gasteiger partial charge in [0.25, 0.3) is 0 Å². The number of nitrogens with zero attached hydrogens (tertiary/aromatic N) is 1. The number of unbranched alkanes of at least 4 members (excludes halogenated alkanes) is 2. The van der Waals surface area contributed by atoms with Crippen LogP contribution in [0.2, 0.25) is 0 Å². The molecule has 0 aromatic carbocycles. The Kier molecular flexibility index (Phi) is 7.98. The molecule has 0 saturated carbocycles. The van der Waals surface area contributed by atoms with Crippen molar-refractivity contribution in [3.8, 4) is 0 Å². The SMILES string of the molecule is CCCCCC(NN)C(C)(C)N(CC)CC. The molecule has 0 saturated heterocycles. The van der Waals surface area contributed by atoms with Crippen LogP contribution in [0, 0.1) is 0 Å². The molecule has 1 unspecified atom stereocenters. The molecule has 0 fully saturated rings. The van der Waals surface area contributed by atoms with Crippen LogP contribution < -0.4 is 11.3 Å². The lowest BCUT2D eigenvalue weighted by Crippen LogP contribution is -2.59. The molecule has 0 rings (SSSR count). The Bertz CT molecular complexity index is 165. The first-order chi connectivity index (χ1) is 7.54. The first-order valence-corrected chi connectivity index (χ1v) is 6.75. The number of nitrogens with one attached hydrogen (secondary N) is 1. The van der Waals surface area contributed by atoms with Crippen LogP contribution >= 0.6 is 0 Å². The van der Waals surface area contributed by atoms with E-state index in [-0.39, 0.29) is 5.54 Å². The molecule has 3 N–H and O–H groups in total. The molecule has 0 aliphatic carbocycles. The van der Waals surface area contributed by atoms with Gasteiger partial charge in [0.05, 0.1) is 0 Å². The molecular formula is C13H31N3. The number of rotatable bonds is 9. The summed E-state index contributed by atoms with van der Waals surface area (Å²) in [6.07, 6.45) is 4.99. The minimum absolute atomic E-state index is 0.131. The summed E-state index contributed by atoms with van der Waals surface area (Å²) in [7, 11) is 0. The molecule has 16 heavy (non-hydrogen) atoms. The molecule has 0 bridgehead atoms. The summed E-state index contributed by atoms with van der Waals surface area (Å²) in [5.41, 5.74) is 3.14. The smallest absolute Gasteiger partial charge is 0.0389 e. The summed E-state index contributed by atoms with van der Waals surface area (Å²) in [4.78, 5) is 2.48. The topological polar surface area (TPSA) is 41.3 Å². The lowest BCUT2D eigenvalue weighted by atomic mass is 9.88. The highest BCUT2D eigenvalue weighted by atomic mass is 15.3. The maximum Gasteiger partial charge on any atom is 0.0389 e. The number of likely N-dealkylation sites (N-methyl/N-ethyl adjacent to an activating group) is 1. The Hall–Kier alpha value is -0.120. The molecule has 0 radical (unpaired) electrons. The van der Waals surface area contributed by atoms with Gasteiger partial charge in [-0.3, -0.25) is 16.2 Å². The molecule has 3 nitrogen and oxygen atoms in total. The second kappa shape index (κ2) is 8.04. The van der Waals surface area contributed by atoms with E-state index in [1.54, 1.807) is 0 Å². The lowest BCUT2D eigenvalue weighted by Gasteiger charge is -2.43. The van der Waals surface area contributed by atoms with Crippen LogP contribution in [0.15, 0.2) is 0 Å². The summed E-state index contributed by atoms with van der Waals surface area (Å²) in [5, 5.41) is 0. The van der Waals surface area contributed by atoms with Gasteiger partial charge >= 0.3 is 0 Å². The van der Waals surface area contributed by atoms with Crippen molar-refractivity contribution in [2.45, 2.75) is 71.9 Å². The van der Waals surface area contributed by atoms with Crippen molar-refractivity contribution >= 4 is 0 Å². The highest BCUT2D eigenvalue weighted by Gasteiger charge is 2.32. The molecular weight excluding hydrogens is 198 g/mol. The van der Waals surface area contributed by atoms with Crippen LogP contribution in [0.5, 0.6) is 0 Å². The molecule has 1 atom stereocenters. The van der Waals surface area contributed by atoms with Gasteiger partial charge in [-0.1, -0.05) is 40.0 Å². The molecule has 3 heteroatoms. The summed E-state index contributed by atoms with van der Waals surface area (Å²) in [5.74, 6) is 5.71. The Morgan fingerprint density at radius 3 is 2.06 bits per heavy atom. The van der Waals surface area contributed by atoms with Crippen LogP contribution in [0.25, 0.3) is 0 Å². The van der Waals surface area contributed by atoms with Crippen molar-refractivity contribution in [2.75, 3.05) is 13.1 Å². The fraction of sp³-hybridized carbons (Fsp3) is 1.00. The van der Waals surface area contributed by atoms with Gasteiger partial charge in [-0.2, -0.15) is 0 Å². The Labute approximate surface area is 102 Å². The van der Waals surface area contributed by atoms with E-state index in [0.29, 0.717) is 6.04 Å². The van der Waals surface area contributed by atoms with Crippen molar-refractivity contribution < 1.29 is 0 Å². The predicted molar refractivity (Wildman–Crippen MR) is 72.3 cm³/mol. The minimum atomic E-state index is 0.131. The summed E-state index contributed by atoms with van der Waals surface area (Å²) in [6, 6.07) is 0.374. The third-order valence-electron chi connectivity index (χ3n) is 3.73. The summed E-state index contributed by atoms with van der Waals surface area (Å²) >= 11 is 0. The second-order valence-electron chi connectivity index (χ2n) is 5.04. The fourth-order valence-electron chi connectivity index (χ4n) is 2.50. The molecule has 0 spiro atoms. The highest BCUT2D eigenvalue weighted by Crippen LogP contribution is 2.22. The number of hydrogen-bond donors (Lipinski definition) is 2. The average molecular weight is 229 g/mol. The van der Waals surface area contributed by atoms with Crippen LogP contribution in [-0.2, 0) is 0 Å². The van der Waals surface area contributed by atoms with Gasteiger partial charge in [-0.25, -0.2) is 0 Å². The Morgan fingerprint density at radius 1 is 1.12 bits per heavy atom. The van der Waals surface area contributed by atoms with E-state index in [2.05, 4.69) is 44.9 Å². The van der Waals surface area contributed by atoms with Crippen LogP contribution in [0.3, 0.4) is 0 Å².